The topological polar surface area (TPSA) is 86.5 Å². The summed E-state index contributed by atoms with van der Waals surface area (Å²) in [7, 11) is 0. The van der Waals surface area contributed by atoms with Gasteiger partial charge in [-0.05, 0) is 55.5 Å². The number of hydrogen-bond donors (Lipinski definition) is 1. The number of nitrogens with zero attached hydrogens (tertiary/aromatic N) is 2. The summed E-state index contributed by atoms with van der Waals surface area (Å²) in [5.74, 6) is 0.843. The number of carbonyl (C=O) groups is 1. The molecule has 11 heteroatoms. The third-order valence-corrected chi connectivity index (χ3v) is 5.95. The summed E-state index contributed by atoms with van der Waals surface area (Å²) >= 11 is 5.81. The summed E-state index contributed by atoms with van der Waals surface area (Å²) in [6.45, 7) is 1.40. The molecule has 1 aromatic carbocycles. The Morgan fingerprint density at radius 1 is 1.22 bits per heavy atom. The van der Waals surface area contributed by atoms with Gasteiger partial charge in [0.25, 0.3) is 5.91 Å². The van der Waals surface area contributed by atoms with Crippen molar-refractivity contribution in [3.05, 3.63) is 52.3 Å². The van der Waals surface area contributed by atoms with E-state index in [4.69, 9.17) is 20.8 Å². The zero-order valence-corrected chi connectivity index (χ0v) is 17.9. The maximum atomic E-state index is 12.1. The van der Waals surface area contributed by atoms with Crippen molar-refractivity contribution in [3.63, 3.8) is 0 Å². The predicted octanol–water partition coefficient (Wildman–Crippen LogP) is 4.71. The molecule has 32 heavy (non-hydrogen) atoms. The fraction of sp³-hybridized carbons (Fsp3) is 0.476. The molecule has 1 N–H and O–H groups in total. The molecule has 1 unspecified atom stereocenters. The van der Waals surface area contributed by atoms with Gasteiger partial charge in [0.1, 0.15) is 5.75 Å². The highest BCUT2D eigenvalue weighted by Crippen LogP contribution is 2.44. The minimum atomic E-state index is -4.61. The summed E-state index contributed by atoms with van der Waals surface area (Å²) in [4.78, 5) is 12.1. The maximum Gasteiger partial charge on any atom is 0.522 e. The van der Waals surface area contributed by atoms with Crippen LogP contribution in [0.3, 0.4) is 0 Å². The summed E-state index contributed by atoms with van der Waals surface area (Å²) in [5.41, 5.74) is 1.71. The van der Waals surface area contributed by atoms with E-state index in [1.807, 2.05) is 6.92 Å². The molecule has 172 valence electrons. The van der Waals surface area contributed by atoms with Crippen LogP contribution in [0.5, 0.6) is 5.75 Å². The highest BCUT2D eigenvalue weighted by molar-refractivity contribution is 6.30. The van der Waals surface area contributed by atoms with Crippen LogP contribution >= 0.6 is 11.6 Å². The minimum absolute atomic E-state index is 0.0494. The van der Waals surface area contributed by atoms with Gasteiger partial charge in [0.15, 0.2) is 6.61 Å². The molecule has 1 saturated carbocycles. The summed E-state index contributed by atoms with van der Waals surface area (Å²) in [6, 6.07) is 6.72. The fourth-order valence-corrected chi connectivity index (χ4v) is 3.87. The third kappa shape index (κ3) is 5.42. The first-order chi connectivity index (χ1) is 15.2. The normalized spacial score (nSPS) is 22.8. The maximum absolute atomic E-state index is 12.1. The van der Waals surface area contributed by atoms with E-state index in [9.17, 15) is 18.0 Å². The zero-order valence-electron chi connectivity index (χ0n) is 17.1. The number of hydrogen-bond acceptors (Lipinski definition) is 6. The van der Waals surface area contributed by atoms with Crippen LogP contribution in [0.2, 0.25) is 5.02 Å². The Morgan fingerprint density at radius 3 is 2.56 bits per heavy atom. The van der Waals surface area contributed by atoms with E-state index in [0.29, 0.717) is 41.8 Å². The summed E-state index contributed by atoms with van der Waals surface area (Å²) in [6.07, 6.45) is -3.02. The molecule has 0 bridgehead atoms. The van der Waals surface area contributed by atoms with Gasteiger partial charge < -0.3 is 14.5 Å². The monoisotopic (exact) mass is 471 g/mol. The number of alkyl halides is 3. The van der Waals surface area contributed by atoms with Crippen molar-refractivity contribution in [1.82, 2.24) is 15.5 Å². The SMILES string of the molecule is CC1=C(NC(=O)COc2ccc(Cl)cc2)CC1c1nnc(C2CC(COC(F)(F)F)C2)o1. The lowest BCUT2D eigenvalue weighted by molar-refractivity contribution is -0.330. The summed E-state index contributed by atoms with van der Waals surface area (Å²) in [5, 5.41) is 11.6. The molecule has 1 atom stereocenters. The van der Waals surface area contributed by atoms with Crippen molar-refractivity contribution in [1.29, 1.82) is 0 Å². The number of amides is 1. The molecule has 0 spiro atoms. The van der Waals surface area contributed by atoms with Crippen molar-refractivity contribution >= 4 is 17.5 Å². The van der Waals surface area contributed by atoms with Crippen LogP contribution < -0.4 is 10.1 Å². The number of aromatic nitrogens is 2. The Bertz CT molecular complexity index is 1000. The largest absolute Gasteiger partial charge is 0.522 e. The Balaban J connectivity index is 1.23. The number of allylic oxidation sites excluding steroid dienone is 2. The van der Waals surface area contributed by atoms with Gasteiger partial charge in [-0.1, -0.05) is 11.6 Å². The molecule has 0 radical (unpaired) electrons. The Morgan fingerprint density at radius 2 is 1.91 bits per heavy atom. The zero-order chi connectivity index (χ0) is 22.9. The lowest BCUT2D eigenvalue weighted by Gasteiger charge is -2.33. The highest BCUT2D eigenvalue weighted by atomic mass is 35.5. The lowest BCUT2D eigenvalue weighted by atomic mass is 9.75. The summed E-state index contributed by atoms with van der Waals surface area (Å²) < 4.78 is 51.4. The van der Waals surface area contributed by atoms with Crippen LogP contribution in [0.15, 0.2) is 40.0 Å². The highest BCUT2D eigenvalue weighted by Gasteiger charge is 2.39. The first kappa shape index (κ1) is 22.6. The van der Waals surface area contributed by atoms with Crippen LogP contribution in [-0.4, -0.2) is 35.7 Å². The van der Waals surface area contributed by atoms with Gasteiger partial charge in [0.05, 0.1) is 12.5 Å². The molecule has 4 rings (SSSR count). The number of rotatable bonds is 8. The van der Waals surface area contributed by atoms with Crippen LogP contribution in [0, 0.1) is 5.92 Å². The van der Waals surface area contributed by atoms with Gasteiger partial charge in [-0.3, -0.25) is 9.53 Å². The van der Waals surface area contributed by atoms with E-state index in [0.717, 1.165) is 11.3 Å². The third-order valence-electron chi connectivity index (χ3n) is 5.70. The van der Waals surface area contributed by atoms with E-state index in [1.54, 1.807) is 24.3 Å². The molecule has 2 aliphatic carbocycles. The molecule has 1 fully saturated rings. The van der Waals surface area contributed by atoms with Crippen molar-refractivity contribution in [3.8, 4) is 5.75 Å². The Labute approximate surface area is 186 Å². The van der Waals surface area contributed by atoms with Crippen LogP contribution in [0.1, 0.15) is 49.8 Å². The smallest absolute Gasteiger partial charge is 0.484 e. The second-order valence-electron chi connectivity index (χ2n) is 7.98. The standard InChI is InChI=1S/C21H21ClF3N3O4/c1-11-16(8-17(11)26-18(29)10-30-15-4-2-14(22)3-5-15)20-28-27-19(32-20)13-6-12(7-13)9-31-21(23,24)25/h2-5,12-13,16H,6-10H2,1H3,(H,26,29). The molecule has 7 nitrogen and oxygen atoms in total. The van der Waals surface area contributed by atoms with E-state index >= 15 is 0 Å². The molecule has 1 amide bonds. The Hall–Kier alpha value is -2.59. The van der Waals surface area contributed by atoms with Gasteiger partial charge >= 0.3 is 6.36 Å². The van der Waals surface area contributed by atoms with E-state index < -0.39 is 6.36 Å². The first-order valence-electron chi connectivity index (χ1n) is 10.1. The minimum Gasteiger partial charge on any atom is -0.484 e. The van der Waals surface area contributed by atoms with E-state index in [1.165, 1.54) is 0 Å². The fourth-order valence-electron chi connectivity index (χ4n) is 3.74. The van der Waals surface area contributed by atoms with Crippen molar-refractivity contribution < 1.29 is 31.9 Å². The van der Waals surface area contributed by atoms with Crippen LogP contribution in [0.25, 0.3) is 0 Å². The number of nitrogens with one attached hydrogen (secondary N) is 1. The molecule has 0 saturated heterocycles. The first-order valence-corrected chi connectivity index (χ1v) is 10.5. The average Bonchev–Trinajstić information content (AvgIpc) is 3.16. The van der Waals surface area contributed by atoms with Crippen molar-refractivity contribution in [2.24, 2.45) is 5.92 Å². The van der Waals surface area contributed by atoms with Crippen molar-refractivity contribution in [2.75, 3.05) is 13.2 Å². The molecule has 1 aromatic heterocycles. The number of benzene rings is 1. The van der Waals surface area contributed by atoms with Gasteiger partial charge in [-0.2, -0.15) is 0 Å². The number of halogens is 4. The van der Waals surface area contributed by atoms with Crippen molar-refractivity contribution in [2.45, 2.75) is 44.4 Å². The van der Waals surface area contributed by atoms with Gasteiger partial charge in [-0.15, -0.1) is 23.4 Å². The van der Waals surface area contributed by atoms with Crippen LogP contribution in [-0.2, 0) is 9.53 Å². The van der Waals surface area contributed by atoms with E-state index in [-0.39, 0.29) is 36.9 Å². The second-order valence-corrected chi connectivity index (χ2v) is 8.42. The van der Waals surface area contributed by atoms with Gasteiger partial charge in [0.2, 0.25) is 11.8 Å². The molecule has 2 aliphatic rings. The van der Waals surface area contributed by atoms with Crippen LogP contribution in [0.4, 0.5) is 13.2 Å². The average molecular weight is 472 g/mol. The van der Waals surface area contributed by atoms with E-state index in [2.05, 4.69) is 20.3 Å². The van der Waals surface area contributed by atoms with Gasteiger partial charge in [0, 0.05) is 23.1 Å². The Kier molecular flexibility index (Phi) is 6.43. The molecule has 1 heterocycles. The molecule has 2 aromatic rings. The molecular formula is C21H21ClF3N3O4. The molecular weight excluding hydrogens is 451 g/mol. The lowest BCUT2D eigenvalue weighted by Crippen LogP contribution is -2.34. The number of ether oxygens (including phenoxy) is 2. The second kappa shape index (κ2) is 9.11. The molecule has 0 aliphatic heterocycles. The quantitative estimate of drug-likeness (QED) is 0.600. The predicted molar refractivity (Wildman–Crippen MR) is 107 cm³/mol. The number of carbonyl (C=O) groups excluding carboxylic acids is 1. The van der Waals surface area contributed by atoms with Gasteiger partial charge in [-0.25, -0.2) is 0 Å².